The Morgan fingerprint density at radius 3 is 2.53 bits per heavy atom. The molecule has 0 saturated carbocycles. The number of carboxylic acids is 1. The number of hydrogen-bond acceptors (Lipinski definition) is 3. The standard InChI is InChI=1S/C15H22O4/c1-10(7-13(17)18)5-6-15(19)11(2)8-12(16)9-14(15,3)4/h5-8,12,16,19H,9H2,1-4H3,(H,17,18)/b6-5+,10-7-. The van der Waals surface area contributed by atoms with Crippen LogP contribution in [0.2, 0.25) is 0 Å². The molecule has 0 aromatic carbocycles. The summed E-state index contributed by atoms with van der Waals surface area (Å²) in [4.78, 5) is 10.6. The molecule has 2 atom stereocenters. The fourth-order valence-electron chi connectivity index (χ4n) is 2.54. The van der Waals surface area contributed by atoms with Gasteiger partial charge in [-0.05, 0) is 37.5 Å². The van der Waals surface area contributed by atoms with Gasteiger partial charge in [0.1, 0.15) is 5.60 Å². The summed E-state index contributed by atoms with van der Waals surface area (Å²) < 4.78 is 0. The van der Waals surface area contributed by atoms with Crippen molar-refractivity contribution in [3.63, 3.8) is 0 Å². The molecule has 106 valence electrons. The van der Waals surface area contributed by atoms with Gasteiger partial charge < -0.3 is 15.3 Å². The van der Waals surface area contributed by atoms with Gasteiger partial charge in [-0.2, -0.15) is 0 Å². The van der Waals surface area contributed by atoms with E-state index in [1.807, 2.05) is 13.8 Å². The third-order valence-corrected chi connectivity index (χ3v) is 3.73. The second-order valence-electron chi connectivity index (χ2n) is 5.83. The maximum absolute atomic E-state index is 10.8. The summed E-state index contributed by atoms with van der Waals surface area (Å²) >= 11 is 0. The highest BCUT2D eigenvalue weighted by Gasteiger charge is 2.46. The zero-order valence-corrected chi connectivity index (χ0v) is 11.8. The molecule has 0 aromatic rings. The first-order chi connectivity index (χ1) is 8.58. The first-order valence-corrected chi connectivity index (χ1v) is 6.28. The van der Waals surface area contributed by atoms with Crippen molar-refractivity contribution in [2.75, 3.05) is 0 Å². The molecule has 0 fully saturated rings. The van der Waals surface area contributed by atoms with Crippen molar-refractivity contribution in [2.45, 2.75) is 45.8 Å². The molecule has 4 nitrogen and oxygen atoms in total. The highest BCUT2D eigenvalue weighted by molar-refractivity contribution is 5.81. The van der Waals surface area contributed by atoms with Crippen LogP contribution in [0.4, 0.5) is 0 Å². The van der Waals surface area contributed by atoms with Crippen molar-refractivity contribution in [2.24, 2.45) is 5.41 Å². The van der Waals surface area contributed by atoms with Crippen molar-refractivity contribution >= 4 is 5.97 Å². The summed E-state index contributed by atoms with van der Waals surface area (Å²) in [6, 6.07) is 0. The van der Waals surface area contributed by atoms with Crippen LogP contribution in [0.5, 0.6) is 0 Å². The molecule has 1 aliphatic carbocycles. The summed E-state index contributed by atoms with van der Waals surface area (Å²) in [7, 11) is 0. The van der Waals surface area contributed by atoms with E-state index in [0.717, 1.165) is 6.08 Å². The number of hydrogen-bond donors (Lipinski definition) is 3. The number of aliphatic hydroxyl groups excluding tert-OH is 1. The number of aliphatic hydroxyl groups is 2. The van der Waals surface area contributed by atoms with Crippen molar-refractivity contribution in [1.29, 1.82) is 0 Å². The minimum Gasteiger partial charge on any atom is -0.478 e. The highest BCUT2D eigenvalue weighted by atomic mass is 16.4. The maximum atomic E-state index is 10.8. The minimum absolute atomic E-state index is 0.451. The number of aliphatic carboxylic acids is 1. The smallest absolute Gasteiger partial charge is 0.328 e. The molecule has 0 aromatic heterocycles. The SMILES string of the molecule is CC1=CC(O)CC(C)(C)C1(O)/C=C/C(C)=C\C(=O)O. The fourth-order valence-corrected chi connectivity index (χ4v) is 2.54. The van der Waals surface area contributed by atoms with Gasteiger partial charge in [-0.15, -0.1) is 0 Å². The van der Waals surface area contributed by atoms with E-state index in [0.29, 0.717) is 17.6 Å². The van der Waals surface area contributed by atoms with Crippen molar-refractivity contribution in [3.05, 3.63) is 35.5 Å². The molecule has 0 spiro atoms. The predicted octanol–water partition coefficient (Wildman–Crippen LogP) is 2.04. The lowest BCUT2D eigenvalue weighted by Crippen LogP contribution is -2.48. The average Bonchev–Trinajstić information content (AvgIpc) is 2.21. The van der Waals surface area contributed by atoms with Crippen LogP contribution in [0.25, 0.3) is 0 Å². The van der Waals surface area contributed by atoms with E-state index in [-0.39, 0.29) is 0 Å². The Hall–Kier alpha value is -1.39. The third-order valence-electron chi connectivity index (χ3n) is 3.73. The zero-order valence-electron chi connectivity index (χ0n) is 11.8. The monoisotopic (exact) mass is 266 g/mol. The molecule has 0 heterocycles. The Bertz CT molecular complexity index is 457. The molecule has 1 rings (SSSR count). The Morgan fingerprint density at radius 2 is 2.05 bits per heavy atom. The van der Waals surface area contributed by atoms with E-state index in [2.05, 4.69) is 0 Å². The van der Waals surface area contributed by atoms with Crippen molar-refractivity contribution in [1.82, 2.24) is 0 Å². The van der Waals surface area contributed by atoms with Crippen LogP contribution in [0.15, 0.2) is 35.5 Å². The van der Waals surface area contributed by atoms with Crippen LogP contribution in [-0.4, -0.2) is 33.0 Å². The zero-order chi connectivity index (χ0) is 14.8. The number of carboxylic acid groups (broad SMARTS) is 1. The Kier molecular flexibility index (Phi) is 4.38. The maximum Gasteiger partial charge on any atom is 0.328 e. The van der Waals surface area contributed by atoms with Gasteiger partial charge in [0.25, 0.3) is 0 Å². The molecule has 0 aliphatic heterocycles. The largest absolute Gasteiger partial charge is 0.478 e. The van der Waals surface area contributed by atoms with E-state index in [9.17, 15) is 15.0 Å². The van der Waals surface area contributed by atoms with Gasteiger partial charge in [-0.1, -0.05) is 26.0 Å². The minimum atomic E-state index is -1.18. The van der Waals surface area contributed by atoms with Crippen LogP contribution < -0.4 is 0 Å². The summed E-state index contributed by atoms with van der Waals surface area (Å²) in [6.45, 7) is 7.20. The molecular weight excluding hydrogens is 244 g/mol. The molecule has 0 saturated heterocycles. The van der Waals surface area contributed by atoms with E-state index < -0.39 is 23.1 Å². The van der Waals surface area contributed by atoms with Gasteiger partial charge in [0, 0.05) is 11.5 Å². The van der Waals surface area contributed by atoms with Crippen molar-refractivity contribution in [3.8, 4) is 0 Å². The topological polar surface area (TPSA) is 77.8 Å². The summed E-state index contributed by atoms with van der Waals surface area (Å²) in [5.74, 6) is -1.01. The number of carbonyl (C=O) groups is 1. The molecule has 2 unspecified atom stereocenters. The van der Waals surface area contributed by atoms with Crippen molar-refractivity contribution < 1.29 is 20.1 Å². The third kappa shape index (κ3) is 3.33. The quantitative estimate of drug-likeness (QED) is 0.415. The number of allylic oxidation sites excluding steroid dienone is 2. The lowest BCUT2D eigenvalue weighted by molar-refractivity contribution is -0.131. The van der Waals surface area contributed by atoms with E-state index in [4.69, 9.17) is 5.11 Å². The van der Waals surface area contributed by atoms with Gasteiger partial charge in [0.2, 0.25) is 0 Å². The second-order valence-corrected chi connectivity index (χ2v) is 5.83. The molecule has 4 heteroatoms. The van der Waals surface area contributed by atoms with E-state index in [1.54, 1.807) is 32.1 Å². The molecule has 1 aliphatic rings. The normalized spacial score (nSPS) is 31.4. The Labute approximate surface area is 113 Å². The first-order valence-electron chi connectivity index (χ1n) is 6.28. The summed E-state index contributed by atoms with van der Waals surface area (Å²) in [5, 5.41) is 29.2. The highest BCUT2D eigenvalue weighted by Crippen LogP contribution is 2.45. The lowest BCUT2D eigenvalue weighted by atomic mass is 9.64. The Morgan fingerprint density at radius 1 is 1.47 bits per heavy atom. The predicted molar refractivity (Wildman–Crippen MR) is 73.6 cm³/mol. The van der Waals surface area contributed by atoms with Crippen LogP contribution in [0.3, 0.4) is 0 Å². The molecule has 0 radical (unpaired) electrons. The van der Waals surface area contributed by atoms with Gasteiger partial charge in [-0.25, -0.2) is 4.79 Å². The summed E-state index contributed by atoms with van der Waals surface area (Å²) in [5.41, 5.74) is -0.475. The Balaban J connectivity index is 3.12. The van der Waals surface area contributed by atoms with Crippen LogP contribution in [0, 0.1) is 5.41 Å². The van der Waals surface area contributed by atoms with Crippen LogP contribution >= 0.6 is 0 Å². The van der Waals surface area contributed by atoms with Gasteiger partial charge in [-0.3, -0.25) is 0 Å². The van der Waals surface area contributed by atoms with E-state index in [1.165, 1.54) is 0 Å². The first kappa shape index (κ1) is 15.7. The molecule has 0 bridgehead atoms. The molecule has 3 N–H and O–H groups in total. The number of rotatable bonds is 3. The second kappa shape index (κ2) is 5.31. The van der Waals surface area contributed by atoms with Crippen LogP contribution in [-0.2, 0) is 4.79 Å². The average molecular weight is 266 g/mol. The molecular formula is C15H22O4. The molecule has 0 amide bonds. The van der Waals surface area contributed by atoms with Gasteiger partial charge in [0.05, 0.1) is 6.10 Å². The molecule has 19 heavy (non-hydrogen) atoms. The summed E-state index contributed by atoms with van der Waals surface area (Å²) in [6.07, 6.45) is 5.84. The fraction of sp³-hybridized carbons (Fsp3) is 0.533. The van der Waals surface area contributed by atoms with E-state index >= 15 is 0 Å². The lowest BCUT2D eigenvalue weighted by Gasteiger charge is -2.46. The van der Waals surface area contributed by atoms with Gasteiger partial charge >= 0.3 is 5.97 Å². The van der Waals surface area contributed by atoms with Gasteiger partial charge in [0.15, 0.2) is 0 Å². The van der Waals surface area contributed by atoms with Crippen LogP contribution in [0.1, 0.15) is 34.1 Å².